The fourth-order valence-electron chi connectivity index (χ4n) is 2.70. The maximum Gasteiger partial charge on any atom is 0.192 e. The van der Waals surface area contributed by atoms with Crippen LogP contribution in [0.1, 0.15) is 36.2 Å². The average molecular weight is 306 g/mol. The Morgan fingerprint density at radius 3 is 2.52 bits per heavy atom. The van der Waals surface area contributed by atoms with Crippen molar-refractivity contribution in [1.82, 2.24) is 0 Å². The summed E-state index contributed by atoms with van der Waals surface area (Å²) < 4.78 is 5.72. The summed E-state index contributed by atoms with van der Waals surface area (Å²) in [6.45, 7) is 5.41. The van der Waals surface area contributed by atoms with Crippen molar-refractivity contribution in [2.24, 2.45) is 5.92 Å². The van der Waals surface area contributed by atoms with Gasteiger partial charge in [0.2, 0.25) is 0 Å². The summed E-state index contributed by atoms with van der Waals surface area (Å²) in [7, 11) is 0. The fraction of sp³-hybridized carbons (Fsp3) is 0.286. The van der Waals surface area contributed by atoms with Crippen LogP contribution >= 0.6 is 0 Å². The Morgan fingerprint density at radius 2 is 1.83 bits per heavy atom. The highest BCUT2D eigenvalue weighted by molar-refractivity contribution is 6.22. The van der Waals surface area contributed by atoms with Gasteiger partial charge in [-0.15, -0.1) is 12.8 Å². The molecule has 0 saturated heterocycles. The van der Waals surface area contributed by atoms with Gasteiger partial charge in [-0.05, 0) is 22.9 Å². The van der Waals surface area contributed by atoms with Crippen LogP contribution in [-0.4, -0.2) is 19.0 Å². The Bertz CT molecular complexity index is 748. The molecule has 1 aliphatic carbocycles. The second-order valence-corrected chi connectivity index (χ2v) is 5.78. The maximum atomic E-state index is 12.6. The lowest BCUT2D eigenvalue weighted by Crippen LogP contribution is -2.15. The summed E-state index contributed by atoms with van der Waals surface area (Å²) in [6.07, 6.45) is 11.1. The van der Waals surface area contributed by atoms with Crippen LogP contribution in [0.15, 0.2) is 42.0 Å². The number of benzene rings is 2. The van der Waals surface area contributed by atoms with Gasteiger partial charge in [-0.25, -0.2) is 0 Å². The van der Waals surface area contributed by atoms with Crippen LogP contribution in [0.2, 0.25) is 0 Å². The zero-order valence-corrected chi connectivity index (χ0v) is 13.7. The van der Waals surface area contributed by atoms with Crippen LogP contribution in [0.4, 0.5) is 0 Å². The molecule has 23 heavy (non-hydrogen) atoms. The van der Waals surface area contributed by atoms with Crippen molar-refractivity contribution in [1.29, 1.82) is 0 Å². The summed E-state index contributed by atoms with van der Waals surface area (Å²) in [6, 6.07) is 12.1. The third-order valence-corrected chi connectivity index (χ3v) is 4.16. The average Bonchev–Trinajstić information content (AvgIpc) is 2.60. The Morgan fingerprint density at radius 1 is 1.13 bits per heavy atom. The fourth-order valence-corrected chi connectivity index (χ4v) is 2.70. The van der Waals surface area contributed by atoms with Crippen LogP contribution in [0.3, 0.4) is 0 Å². The van der Waals surface area contributed by atoms with Crippen molar-refractivity contribution in [2.75, 3.05) is 13.2 Å². The molecule has 1 unspecified atom stereocenters. The molecule has 118 valence electrons. The van der Waals surface area contributed by atoms with E-state index in [1.807, 2.05) is 36.4 Å². The first-order chi connectivity index (χ1) is 11.2. The largest absolute Gasteiger partial charge is 0.376 e. The van der Waals surface area contributed by atoms with E-state index in [1.165, 1.54) is 0 Å². The molecular formula is C21H22O2. The predicted octanol–water partition coefficient (Wildman–Crippen LogP) is 4.73. The smallest absolute Gasteiger partial charge is 0.192 e. The van der Waals surface area contributed by atoms with Crippen molar-refractivity contribution >= 4 is 22.6 Å². The number of Topliss-reactive ketones (excluding diaryl/α,β-unsaturated/α-hetero) is 1. The van der Waals surface area contributed by atoms with E-state index in [-0.39, 0.29) is 5.78 Å². The number of terminal acetylenes is 1. The van der Waals surface area contributed by atoms with Gasteiger partial charge >= 0.3 is 0 Å². The molecule has 0 spiro atoms. The molecule has 0 aromatic heterocycles. The van der Waals surface area contributed by atoms with Gasteiger partial charge in [-0.3, -0.25) is 4.79 Å². The topological polar surface area (TPSA) is 26.3 Å². The van der Waals surface area contributed by atoms with E-state index in [0.29, 0.717) is 19.1 Å². The quantitative estimate of drug-likeness (QED) is 0.746. The second-order valence-electron chi connectivity index (χ2n) is 5.78. The van der Waals surface area contributed by atoms with Crippen molar-refractivity contribution in [2.45, 2.75) is 20.3 Å². The Hall–Kier alpha value is -2.37. The monoisotopic (exact) mass is 306 g/mol. The molecule has 0 amide bonds. The molecule has 0 bridgehead atoms. The zero-order chi connectivity index (χ0) is 16.8. The van der Waals surface area contributed by atoms with Gasteiger partial charge in [0, 0.05) is 23.1 Å². The molecule has 1 aliphatic rings. The summed E-state index contributed by atoms with van der Waals surface area (Å²) in [5.41, 5.74) is 2.67. The molecule has 0 heterocycles. The first kappa shape index (κ1) is 17.0. The highest BCUT2D eigenvalue weighted by Crippen LogP contribution is 2.31. The molecule has 2 heteroatoms. The number of hydrogen-bond acceptors (Lipinski definition) is 2. The predicted molar refractivity (Wildman–Crippen MR) is 96.4 cm³/mol. The standard InChI is InChI=1S/C19H20O2.C2H2/c1-3-13(2)11-21-12-16-10-15-8-4-6-14-7-5-9-17(18(14)15)19(16)20;1-2/h4-10,13H,3,11-12H2,1-2H3;1-2H. The SMILES string of the molecule is C#C.CCC(C)COCC1=Cc2cccc3cccc(c23)C1=O. The number of rotatable bonds is 5. The number of carbonyl (C=O) groups is 1. The van der Waals surface area contributed by atoms with Crippen molar-refractivity contribution in [3.8, 4) is 12.8 Å². The van der Waals surface area contributed by atoms with E-state index in [4.69, 9.17) is 4.74 Å². The summed E-state index contributed by atoms with van der Waals surface area (Å²) in [4.78, 5) is 12.6. The number of hydrogen-bond donors (Lipinski definition) is 0. The van der Waals surface area contributed by atoms with Crippen LogP contribution in [0.25, 0.3) is 16.8 Å². The minimum Gasteiger partial charge on any atom is -0.376 e. The lowest BCUT2D eigenvalue weighted by molar-refractivity contribution is 0.0947. The van der Waals surface area contributed by atoms with Gasteiger partial charge in [0.05, 0.1) is 6.61 Å². The number of ether oxygens (including phenoxy) is 1. The van der Waals surface area contributed by atoms with Crippen LogP contribution in [0, 0.1) is 18.8 Å². The van der Waals surface area contributed by atoms with Gasteiger partial charge in [0.15, 0.2) is 5.78 Å². The molecule has 0 N–H and O–H groups in total. The van der Waals surface area contributed by atoms with Crippen LogP contribution in [0.5, 0.6) is 0 Å². The van der Waals surface area contributed by atoms with Crippen molar-refractivity contribution in [3.05, 3.63) is 53.1 Å². The summed E-state index contributed by atoms with van der Waals surface area (Å²) >= 11 is 0. The molecular weight excluding hydrogens is 284 g/mol. The minimum atomic E-state index is 0.100. The molecule has 0 aliphatic heterocycles. The van der Waals surface area contributed by atoms with Gasteiger partial charge in [0.1, 0.15) is 0 Å². The third kappa shape index (κ3) is 3.52. The van der Waals surface area contributed by atoms with Gasteiger partial charge in [-0.1, -0.05) is 56.7 Å². The molecule has 3 rings (SSSR count). The zero-order valence-electron chi connectivity index (χ0n) is 13.7. The molecule has 2 nitrogen and oxygen atoms in total. The van der Waals surface area contributed by atoms with Gasteiger partial charge in [0.25, 0.3) is 0 Å². The van der Waals surface area contributed by atoms with E-state index in [1.54, 1.807) is 0 Å². The van der Waals surface area contributed by atoms with Crippen LogP contribution in [-0.2, 0) is 4.74 Å². The molecule has 1 atom stereocenters. The molecule has 0 saturated carbocycles. The Kier molecular flexibility index (Phi) is 5.73. The lowest BCUT2D eigenvalue weighted by Gasteiger charge is -2.17. The molecule has 2 aromatic carbocycles. The van der Waals surface area contributed by atoms with Crippen molar-refractivity contribution < 1.29 is 9.53 Å². The molecule has 0 radical (unpaired) electrons. The molecule has 2 aromatic rings. The maximum absolute atomic E-state index is 12.6. The first-order valence-electron chi connectivity index (χ1n) is 7.88. The van der Waals surface area contributed by atoms with Gasteiger partial charge in [-0.2, -0.15) is 0 Å². The van der Waals surface area contributed by atoms with Crippen molar-refractivity contribution in [3.63, 3.8) is 0 Å². The van der Waals surface area contributed by atoms with E-state index in [0.717, 1.165) is 33.9 Å². The summed E-state index contributed by atoms with van der Waals surface area (Å²) in [5, 5.41) is 2.19. The third-order valence-electron chi connectivity index (χ3n) is 4.16. The number of ketones is 1. The van der Waals surface area contributed by atoms with E-state index < -0.39 is 0 Å². The number of carbonyl (C=O) groups excluding carboxylic acids is 1. The first-order valence-corrected chi connectivity index (χ1v) is 7.88. The minimum absolute atomic E-state index is 0.100. The van der Waals surface area contributed by atoms with E-state index >= 15 is 0 Å². The summed E-state index contributed by atoms with van der Waals surface area (Å²) in [5.74, 6) is 0.628. The van der Waals surface area contributed by atoms with Gasteiger partial charge < -0.3 is 4.74 Å². The highest BCUT2D eigenvalue weighted by atomic mass is 16.5. The second kappa shape index (κ2) is 7.76. The Labute approximate surface area is 138 Å². The van der Waals surface area contributed by atoms with Crippen LogP contribution < -0.4 is 0 Å². The highest BCUT2D eigenvalue weighted by Gasteiger charge is 2.21. The van der Waals surface area contributed by atoms with E-state index in [9.17, 15) is 4.79 Å². The van der Waals surface area contributed by atoms with E-state index in [2.05, 4.69) is 32.8 Å². The molecule has 0 fully saturated rings. The normalized spacial score (nSPS) is 13.9. The lowest BCUT2D eigenvalue weighted by atomic mass is 9.88. The Balaban J connectivity index is 0.000000924.